The van der Waals surface area contributed by atoms with E-state index in [1.807, 2.05) is 0 Å². The number of benzene rings is 11. The number of hydrogen-bond acceptors (Lipinski definition) is 0. The summed E-state index contributed by atoms with van der Waals surface area (Å²) in [5.41, 5.74) is 16.3. The average Bonchev–Trinajstić information content (AvgIpc) is 4.18. The van der Waals surface area contributed by atoms with E-state index < -0.39 is 0 Å². The van der Waals surface area contributed by atoms with Crippen LogP contribution in [-0.2, 0) is 0 Å². The predicted octanol–water partition coefficient (Wildman–Crippen LogP) is 17.4. The normalized spacial score (nSPS) is 12.0. The van der Waals surface area contributed by atoms with Crippen molar-refractivity contribution >= 4 is 87.0 Å². The smallest absolute Gasteiger partial charge is 0.0542 e. The molecule has 11 aromatic carbocycles. The summed E-state index contributed by atoms with van der Waals surface area (Å²) in [6, 6.07) is 93.8. The van der Waals surface area contributed by atoms with E-state index in [-0.39, 0.29) is 0 Å². The van der Waals surface area contributed by atoms with Crippen molar-refractivity contribution in [2.24, 2.45) is 0 Å². The quantitative estimate of drug-likeness (QED) is 0.158. The van der Waals surface area contributed by atoms with Crippen LogP contribution >= 0.6 is 0 Å². The number of rotatable bonds is 6. The summed E-state index contributed by atoms with van der Waals surface area (Å²) in [6.07, 6.45) is 0. The Hall–Kier alpha value is -9.38. The van der Waals surface area contributed by atoms with Gasteiger partial charge in [-0.25, -0.2) is 0 Å². The van der Waals surface area contributed by atoms with Crippen molar-refractivity contribution in [1.82, 2.24) is 18.3 Å². The van der Waals surface area contributed by atoms with Crippen LogP contribution in [0.5, 0.6) is 0 Å². The molecule has 0 saturated carbocycles. The molecule has 0 amide bonds. The molecule has 0 aliphatic heterocycles. The van der Waals surface area contributed by atoms with E-state index in [1.165, 1.54) is 87.1 Å². The second-order valence-corrected chi connectivity index (χ2v) is 18.6. The van der Waals surface area contributed by atoms with Gasteiger partial charge in [-0.05, 0) is 142 Å². The zero-order chi connectivity index (χ0) is 45.9. The fraction of sp³-hybridized carbons (Fsp3) is 0. The van der Waals surface area contributed by atoms with Gasteiger partial charge in [-0.1, -0.05) is 146 Å². The fourth-order valence-electron chi connectivity index (χ4n) is 11.5. The van der Waals surface area contributed by atoms with Crippen LogP contribution in [0.25, 0.3) is 132 Å². The molecule has 0 fully saturated rings. The van der Waals surface area contributed by atoms with Crippen molar-refractivity contribution < 1.29 is 0 Å². The fourth-order valence-corrected chi connectivity index (χ4v) is 11.5. The Kier molecular flexibility index (Phi) is 8.33. The summed E-state index contributed by atoms with van der Waals surface area (Å²) >= 11 is 0. The minimum absolute atomic E-state index is 1.12. The molecule has 0 bridgehead atoms. The van der Waals surface area contributed by atoms with Crippen molar-refractivity contribution in [1.29, 1.82) is 0 Å². The summed E-state index contributed by atoms with van der Waals surface area (Å²) in [5.74, 6) is 0. The van der Waals surface area contributed by atoms with Gasteiger partial charge in [0.2, 0.25) is 0 Å². The second kappa shape index (κ2) is 15.1. The molecule has 326 valence electrons. The maximum absolute atomic E-state index is 2.49. The third-order valence-electron chi connectivity index (χ3n) is 14.7. The molecule has 0 radical (unpaired) electrons. The molecule has 0 saturated heterocycles. The van der Waals surface area contributed by atoms with E-state index in [1.54, 1.807) is 0 Å². The SMILES string of the molecule is c1ccc(-n2c3ccccc3c3cc(-n4c(-c5ccc6ccccc6c5)cc5cc6c(cc(-c7ccc8ccccc8c7)n6-c6ccc7c(c6)c6ccccc6n7-c6ccccc6)cc54)ccc32)cc1. The average molecular weight is 891 g/mol. The molecular formula is C66H42N4. The highest BCUT2D eigenvalue weighted by molar-refractivity contribution is 6.12. The lowest BCUT2D eigenvalue weighted by atomic mass is 10.0. The molecule has 4 nitrogen and oxygen atoms in total. The van der Waals surface area contributed by atoms with E-state index in [2.05, 4.69) is 273 Å². The van der Waals surface area contributed by atoms with E-state index in [0.29, 0.717) is 0 Å². The molecule has 4 heterocycles. The van der Waals surface area contributed by atoms with Crippen LogP contribution in [0, 0.1) is 0 Å². The number of hydrogen-bond donors (Lipinski definition) is 0. The molecule has 0 unspecified atom stereocenters. The van der Waals surface area contributed by atoms with Crippen molar-refractivity contribution in [3.05, 3.63) is 255 Å². The number of para-hydroxylation sites is 4. The molecule has 0 aliphatic carbocycles. The topological polar surface area (TPSA) is 19.7 Å². The Morgan fingerprint density at radius 1 is 0.186 bits per heavy atom. The highest BCUT2D eigenvalue weighted by Crippen LogP contribution is 2.42. The largest absolute Gasteiger partial charge is 0.309 e. The first-order valence-corrected chi connectivity index (χ1v) is 24.1. The minimum Gasteiger partial charge on any atom is -0.309 e. The van der Waals surface area contributed by atoms with Crippen LogP contribution in [0.2, 0.25) is 0 Å². The Balaban J connectivity index is 1.01. The van der Waals surface area contributed by atoms with Gasteiger partial charge in [0.15, 0.2) is 0 Å². The molecule has 0 N–H and O–H groups in total. The molecule has 0 atom stereocenters. The maximum Gasteiger partial charge on any atom is 0.0542 e. The van der Waals surface area contributed by atoms with E-state index in [4.69, 9.17) is 0 Å². The van der Waals surface area contributed by atoms with Gasteiger partial charge in [0, 0.05) is 55.1 Å². The van der Waals surface area contributed by atoms with Crippen LogP contribution in [0.4, 0.5) is 0 Å². The van der Waals surface area contributed by atoms with Crippen LogP contribution < -0.4 is 0 Å². The lowest BCUT2D eigenvalue weighted by Gasteiger charge is -2.14. The Morgan fingerprint density at radius 2 is 0.571 bits per heavy atom. The number of fused-ring (bicyclic) bond motifs is 10. The van der Waals surface area contributed by atoms with Gasteiger partial charge in [-0.15, -0.1) is 0 Å². The van der Waals surface area contributed by atoms with Gasteiger partial charge in [0.1, 0.15) is 0 Å². The van der Waals surface area contributed by atoms with Crippen LogP contribution in [0.1, 0.15) is 0 Å². The summed E-state index contributed by atoms with van der Waals surface area (Å²) in [7, 11) is 0. The van der Waals surface area contributed by atoms with E-state index >= 15 is 0 Å². The second-order valence-electron chi connectivity index (χ2n) is 18.6. The maximum atomic E-state index is 2.49. The molecule has 15 aromatic rings. The van der Waals surface area contributed by atoms with Crippen molar-refractivity contribution in [3.63, 3.8) is 0 Å². The lowest BCUT2D eigenvalue weighted by molar-refractivity contribution is 1.13. The highest BCUT2D eigenvalue weighted by Gasteiger charge is 2.22. The van der Waals surface area contributed by atoms with E-state index in [9.17, 15) is 0 Å². The van der Waals surface area contributed by atoms with Gasteiger partial charge in [-0.2, -0.15) is 0 Å². The summed E-state index contributed by atoms with van der Waals surface area (Å²) in [4.78, 5) is 0. The first kappa shape index (κ1) is 38.7. The molecule has 15 rings (SSSR count). The summed E-state index contributed by atoms with van der Waals surface area (Å²) in [5, 5.41) is 12.2. The van der Waals surface area contributed by atoms with Crippen molar-refractivity contribution in [2.45, 2.75) is 0 Å². The van der Waals surface area contributed by atoms with Crippen molar-refractivity contribution in [2.75, 3.05) is 0 Å². The van der Waals surface area contributed by atoms with Gasteiger partial charge >= 0.3 is 0 Å². The third kappa shape index (κ3) is 5.84. The molecule has 70 heavy (non-hydrogen) atoms. The Morgan fingerprint density at radius 3 is 1.03 bits per heavy atom. The molecule has 4 heteroatoms. The third-order valence-corrected chi connectivity index (χ3v) is 14.7. The lowest BCUT2D eigenvalue weighted by Crippen LogP contribution is -1.98. The Labute approximate surface area is 403 Å². The molecule has 4 aromatic heterocycles. The Bertz CT molecular complexity index is 4290. The monoisotopic (exact) mass is 890 g/mol. The van der Waals surface area contributed by atoms with Gasteiger partial charge < -0.3 is 18.3 Å². The molecular weight excluding hydrogens is 849 g/mol. The standard InChI is InChI=1S/C66H42N4/c1-3-19-51(20-4-1)67-59-25-13-11-23-55(59)57-41-53(31-33-61(57)67)69-63(47-29-27-43-15-7-9-17-45(43)35-47)37-49-40-66-50(39-65(49)69)38-64(48-30-28-44-16-8-10-18-46(44)36-48)70(66)54-32-34-62-58(42-54)56-24-12-14-26-60(56)68(62)52-21-5-2-6-22-52/h1-42H. The van der Waals surface area contributed by atoms with Crippen molar-refractivity contribution in [3.8, 4) is 45.3 Å². The summed E-state index contributed by atoms with van der Waals surface area (Å²) < 4.78 is 9.77. The minimum atomic E-state index is 1.12. The zero-order valence-electron chi connectivity index (χ0n) is 38.0. The van der Waals surface area contributed by atoms with Crippen LogP contribution in [0.3, 0.4) is 0 Å². The van der Waals surface area contributed by atoms with Gasteiger partial charge in [-0.3, -0.25) is 0 Å². The molecule has 0 spiro atoms. The first-order chi connectivity index (χ1) is 34.7. The van der Waals surface area contributed by atoms with Crippen LogP contribution in [-0.4, -0.2) is 18.3 Å². The highest BCUT2D eigenvalue weighted by atomic mass is 15.0. The van der Waals surface area contributed by atoms with Gasteiger partial charge in [0.25, 0.3) is 0 Å². The van der Waals surface area contributed by atoms with E-state index in [0.717, 1.165) is 45.2 Å². The van der Waals surface area contributed by atoms with Crippen LogP contribution in [0.15, 0.2) is 255 Å². The zero-order valence-corrected chi connectivity index (χ0v) is 38.0. The van der Waals surface area contributed by atoms with Gasteiger partial charge in [0.05, 0.1) is 44.5 Å². The number of aromatic nitrogens is 4. The molecule has 0 aliphatic rings. The predicted molar refractivity (Wildman–Crippen MR) is 295 cm³/mol. The first-order valence-electron chi connectivity index (χ1n) is 24.1. The summed E-state index contributed by atoms with van der Waals surface area (Å²) in [6.45, 7) is 0. The number of nitrogens with zero attached hydrogens (tertiary/aromatic N) is 4.